The zero-order chi connectivity index (χ0) is 16.4. The highest BCUT2D eigenvalue weighted by molar-refractivity contribution is 8.01. The van der Waals surface area contributed by atoms with Crippen LogP contribution in [-0.2, 0) is 10.5 Å². The van der Waals surface area contributed by atoms with Gasteiger partial charge in [-0.2, -0.15) is 0 Å². The summed E-state index contributed by atoms with van der Waals surface area (Å²) < 4.78 is 12.3. The second-order valence-electron chi connectivity index (χ2n) is 5.72. The third-order valence-electron chi connectivity index (χ3n) is 4.19. The quantitative estimate of drug-likeness (QED) is 0.793. The van der Waals surface area contributed by atoms with Crippen LogP contribution in [0.3, 0.4) is 0 Å². The van der Waals surface area contributed by atoms with Crippen molar-refractivity contribution in [3.05, 3.63) is 66.0 Å². The zero-order valence-corrected chi connectivity index (χ0v) is 14.2. The van der Waals surface area contributed by atoms with Gasteiger partial charge < -0.3 is 5.32 Å². The summed E-state index contributed by atoms with van der Waals surface area (Å²) in [5.41, 5.74) is 1.74. The fourth-order valence-corrected chi connectivity index (χ4v) is 4.79. The molecule has 0 heterocycles. The van der Waals surface area contributed by atoms with E-state index in [1.807, 2.05) is 37.3 Å². The molecule has 120 valence electrons. The fourth-order valence-electron chi connectivity index (χ4n) is 2.63. The predicted octanol–water partition coefficient (Wildman–Crippen LogP) is 4.69. The van der Waals surface area contributed by atoms with Crippen LogP contribution in [0.4, 0.5) is 10.1 Å². The van der Waals surface area contributed by atoms with Crippen LogP contribution in [0.1, 0.15) is 12.5 Å². The highest BCUT2D eigenvalue weighted by Gasteiger charge is 2.67. The Morgan fingerprint density at radius 2 is 1.83 bits per heavy atom. The Hall–Kier alpha value is -1.52. The lowest BCUT2D eigenvalue weighted by Gasteiger charge is -2.17. The first kappa shape index (κ1) is 16.3. The summed E-state index contributed by atoms with van der Waals surface area (Å²) in [6.45, 7) is 1.99. The van der Waals surface area contributed by atoms with Crippen molar-refractivity contribution in [1.82, 2.24) is 0 Å². The Labute approximate surface area is 144 Å². The number of carbonyl (C=O) groups excluding carboxylic acids is 1. The lowest BCUT2D eigenvalue weighted by atomic mass is 10.2. The van der Waals surface area contributed by atoms with E-state index in [-0.39, 0.29) is 23.0 Å². The molecule has 1 fully saturated rings. The average molecular weight is 350 g/mol. The molecule has 3 atom stereocenters. The van der Waals surface area contributed by atoms with Crippen LogP contribution in [-0.4, -0.2) is 16.0 Å². The molecule has 5 heteroatoms. The third kappa shape index (κ3) is 3.24. The molecule has 2 nitrogen and oxygen atoms in total. The summed E-state index contributed by atoms with van der Waals surface area (Å²) in [6, 6.07) is 15.8. The van der Waals surface area contributed by atoms with E-state index in [1.54, 1.807) is 23.9 Å². The second-order valence-corrected chi connectivity index (χ2v) is 7.44. The first-order valence-electron chi connectivity index (χ1n) is 7.43. The Morgan fingerprint density at radius 3 is 2.39 bits per heavy atom. The van der Waals surface area contributed by atoms with Crippen molar-refractivity contribution < 1.29 is 9.18 Å². The van der Waals surface area contributed by atoms with Crippen LogP contribution in [0.5, 0.6) is 0 Å². The van der Waals surface area contributed by atoms with Crippen molar-refractivity contribution >= 4 is 35.0 Å². The zero-order valence-electron chi connectivity index (χ0n) is 12.6. The van der Waals surface area contributed by atoms with E-state index in [2.05, 4.69) is 5.32 Å². The minimum Gasteiger partial charge on any atom is -0.325 e. The van der Waals surface area contributed by atoms with Crippen molar-refractivity contribution in [2.75, 3.05) is 5.32 Å². The summed E-state index contributed by atoms with van der Waals surface area (Å²) in [5, 5.41) is 2.66. The number of rotatable bonds is 5. The predicted molar refractivity (Wildman–Crippen MR) is 94.3 cm³/mol. The van der Waals surface area contributed by atoms with Crippen molar-refractivity contribution in [2.24, 2.45) is 5.92 Å². The van der Waals surface area contributed by atoms with Crippen molar-refractivity contribution in [2.45, 2.75) is 22.8 Å². The van der Waals surface area contributed by atoms with E-state index in [4.69, 9.17) is 11.6 Å². The molecule has 1 N–H and O–H groups in total. The molecule has 0 spiro atoms. The van der Waals surface area contributed by atoms with Crippen LogP contribution in [0.25, 0.3) is 0 Å². The van der Waals surface area contributed by atoms with Gasteiger partial charge in [0.25, 0.3) is 0 Å². The van der Waals surface area contributed by atoms with Crippen LogP contribution >= 0.6 is 23.4 Å². The summed E-state index contributed by atoms with van der Waals surface area (Å²) in [7, 11) is 0. The number of benzene rings is 2. The van der Waals surface area contributed by atoms with Crippen molar-refractivity contribution in [3.8, 4) is 0 Å². The van der Waals surface area contributed by atoms with Gasteiger partial charge >= 0.3 is 0 Å². The SMILES string of the molecule is C[C@@H]1[C@@H](Cl)[C@]1(SCc1ccccc1)C(=O)Nc1ccc(F)cc1. The van der Waals surface area contributed by atoms with E-state index >= 15 is 0 Å². The molecule has 2 aromatic rings. The Morgan fingerprint density at radius 1 is 1.22 bits per heavy atom. The highest BCUT2D eigenvalue weighted by atomic mass is 35.5. The molecular weight excluding hydrogens is 333 g/mol. The summed E-state index contributed by atoms with van der Waals surface area (Å²) in [5.74, 6) is 0.382. The van der Waals surface area contributed by atoms with Gasteiger partial charge in [0, 0.05) is 11.4 Å². The highest BCUT2D eigenvalue weighted by Crippen LogP contribution is 2.59. The smallest absolute Gasteiger partial charge is 0.242 e. The van der Waals surface area contributed by atoms with Gasteiger partial charge in [-0.15, -0.1) is 23.4 Å². The Bertz CT molecular complexity index is 684. The molecule has 1 aliphatic carbocycles. The van der Waals surface area contributed by atoms with E-state index in [0.29, 0.717) is 5.69 Å². The van der Waals surface area contributed by atoms with Crippen molar-refractivity contribution in [1.29, 1.82) is 0 Å². The molecule has 1 saturated carbocycles. The van der Waals surface area contributed by atoms with Crippen molar-refractivity contribution in [3.63, 3.8) is 0 Å². The molecule has 0 radical (unpaired) electrons. The fraction of sp³-hybridized carbons (Fsp3) is 0.278. The number of anilines is 1. The van der Waals surface area contributed by atoms with Crippen LogP contribution in [0.15, 0.2) is 54.6 Å². The van der Waals surface area contributed by atoms with Gasteiger partial charge in [-0.3, -0.25) is 4.79 Å². The summed E-state index contributed by atoms with van der Waals surface area (Å²) >= 11 is 7.94. The topological polar surface area (TPSA) is 29.1 Å². The minimum absolute atomic E-state index is 0.0957. The lowest BCUT2D eigenvalue weighted by molar-refractivity contribution is -0.116. The van der Waals surface area contributed by atoms with E-state index in [9.17, 15) is 9.18 Å². The van der Waals surface area contributed by atoms with Gasteiger partial charge in [-0.05, 0) is 35.7 Å². The molecule has 3 rings (SSSR count). The molecule has 1 aliphatic rings. The Balaban J connectivity index is 1.70. The number of carbonyl (C=O) groups is 1. The molecule has 0 aliphatic heterocycles. The minimum atomic E-state index is -0.633. The number of hydrogen-bond donors (Lipinski definition) is 1. The first-order valence-corrected chi connectivity index (χ1v) is 8.85. The van der Waals surface area contributed by atoms with Crippen LogP contribution < -0.4 is 5.32 Å². The largest absolute Gasteiger partial charge is 0.325 e. The normalized spacial score (nSPS) is 25.9. The third-order valence-corrected chi connectivity index (χ3v) is 6.81. The molecule has 0 bridgehead atoms. The monoisotopic (exact) mass is 349 g/mol. The second kappa shape index (κ2) is 6.54. The van der Waals surface area contributed by atoms with Gasteiger partial charge in [0.1, 0.15) is 10.6 Å². The number of alkyl halides is 1. The molecule has 0 unspecified atom stereocenters. The Kier molecular flexibility index (Phi) is 4.64. The molecule has 2 aromatic carbocycles. The van der Waals surface area contributed by atoms with Crippen LogP contribution in [0, 0.1) is 11.7 Å². The number of halogens is 2. The van der Waals surface area contributed by atoms with Gasteiger partial charge in [-0.1, -0.05) is 37.3 Å². The summed E-state index contributed by atoms with van der Waals surface area (Å²) in [4.78, 5) is 12.7. The maximum absolute atomic E-state index is 13.0. The molecular formula is C18H17ClFNOS. The standard InChI is InChI=1S/C18H17ClFNOS/c1-12-16(19)18(12,23-11-13-5-3-2-4-6-13)17(22)21-15-9-7-14(20)8-10-15/h2-10,12,16H,11H2,1H3,(H,21,22)/t12-,16-,18+/m1/s1. The molecule has 0 saturated heterocycles. The maximum atomic E-state index is 13.0. The van der Waals surface area contributed by atoms with Gasteiger partial charge in [-0.25, -0.2) is 4.39 Å². The first-order chi connectivity index (χ1) is 11.0. The molecule has 1 amide bonds. The number of thioether (sulfide) groups is 1. The maximum Gasteiger partial charge on any atom is 0.242 e. The van der Waals surface area contributed by atoms with Crippen LogP contribution in [0.2, 0.25) is 0 Å². The van der Waals surface area contributed by atoms with Gasteiger partial charge in [0.15, 0.2) is 0 Å². The van der Waals surface area contributed by atoms with Gasteiger partial charge in [0.2, 0.25) is 5.91 Å². The molecule has 0 aromatic heterocycles. The van der Waals surface area contributed by atoms with Gasteiger partial charge in [0.05, 0.1) is 5.38 Å². The lowest BCUT2D eigenvalue weighted by Crippen LogP contribution is -2.30. The number of hydrogen-bond acceptors (Lipinski definition) is 2. The van der Waals surface area contributed by atoms with E-state index < -0.39 is 4.75 Å². The average Bonchev–Trinajstić information content (AvgIpc) is 3.10. The van der Waals surface area contributed by atoms with E-state index in [1.165, 1.54) is 12.1 Å². The molecule has 23 heavy (non-hydrogen) atoms. The number of amides is 1. The van der Waals surface area contributed by atoms with E-state index in [0.717, 1.165) is 11.3 Å². The number of nitrogens with one attached hydrogen (secondary N) is 1. The summed E-state index contributed by atoms with van der Waals surface area (Å²) in [6.07, 6.45) is 0.